The van der Waals surface area contributed by atoms with Gasteiger partial charge in [0.25, 0.3) is 0 Å². The Morgan fingerprint density at radius 2 is 2.16 bits per heavy atom. The maximum atomic E-state index is 5.70. The van der Waals surface area contributed by atoms with Crippen LogP contribution in [-0.4, -0.2) is 19.7 Å². The lowest BCUT2D eigenvalue weighted by atomic mass is 10.1. The summed E-state index contributed by atoms with van der Waals surface area (Å²) in [6.45, 7) is 8.19. The van der Waals surface area contributed by atoms with Crippen LogP contribution in [0.5, 0.6) is 0 Å². The van der Waals surface area contributed by atoms with Crippen molar-refractivity contribution in [2.75, 3.05) is 0 Å². The third kappa shape index (κ3) is 2.99. The molecule has 104 valence electrons. The molecule has 0 saturated heterocycles. The van der Waals surface area contributed by atoms with Gasteiger partial charge < -0.3 is 0 Å². The fourth-order valence-corrected chi connectivity index (χ4v) is 3.12. The van der Waals surface area contributed by atoms with E-state index < -0.39 is 0 Å². The minimum atomic E-state index is 0.0212. The molecular formula is C12H20N6S. The summed E-state index contributed by atoms with van der Waals surface area (Å²) < 4.78 is 1.92. The third-order valence-electron chi connectivity index (χ3n) is 2.98. The lowest BCUT2D eigenvalue weighted by molar-refractivity contribution is 0.470. The van der Waals surface area contributed by atoms with E-state index in [9.17, 15) is 0 Å². The summed E-state index contributed by atoms with van der Waals surface area (Å²) in [5.74, 6) is 6.63. The summed E-state index contributed by atoms with van der Waals surface area (Å²) >= 11 is 1.67. The molecule has 7 heteroatoms. The lowest BCUT2D eigenvalue weighted by Crippen LogP contribution is -2.30. The monoisotopic (exact) mass is 280 g/mol. The van der Waals surface area contributed by atoms with E-state index in [1.54, 1.807) is 17.7 Å². The summed E-state index contributed by atoms with van der Waals surface area (Å²) in [5.41, 5.74) is 3.90. The second-order valence-electron chi connectivity index (χ2n) is 4.82. The zero-order chi connectivity index (χ0) is 14.0. The fraction of sp³-hybridized carbons (Fsp3) is 0.583. The first kappa shape index (κ1) is 14.1. The largest absolute Gasteiger partial charge is 0.271 e. The lowest BCUT2D eigenvalue weighted by Gasteiger charge is -2.16. The second-order valence-corrected chi connectivity index (χ2v) is 6.06. The van der Waals surface area contributed by atoms with E-state index in [4.69, 9.17) is 5.84 Å². The first-order valence-corrected chi connectivity index (χ1v) is 7.13. The molecule has 3 N–H and O–H groups in total. The maximum Gasteiger partial charge on any atom is 0.138 e. The Labute approximate surface area is 117 Å². The molecule has 0 radical (unpaired) electrons. The number of nitrogens with two attached hydrogens (primary N) is 1. The summed E-state index contributed by atoms with van der Waals surface area (Å²) in [4.78, 5) is 9.94. The fourth-order valence-electron chi connectivity index (χ4n) is 2.13. The summed E-state index contributed by atoms with van der Waals surface area (Å²) in [7, 11) is 0. The first-order chi connectivity index (χ1) is 9.02. The summed E-state index contributed by atoms with van der Waals surface area (Å²) in [6, 6.07) is 0.313. The number of thiazole rings is 1. The highest BCUT2D eigenvalue weighted by molar-refractivity contribution is 7.11. The highest BCUT2D eigenvalue weighted by Gasteiger charge is 2.20. The molecule has 0 aliphatic carbocycles. The Hall–Kier alpha value is -1.31. The van der Waals surface area contributed by atoms with Crippen LogP contribution in [0.3, 0.4) is 0 Å². The van der Waals surface area contributed by atoms with Crippen LogP contribution in [0.4, 0.5) is 0 Å². The molecule has 0 aromatic carbocycles. The van der Waals surface area contributed by atoms with E-state index in [1.807, 2.05) is 18.5 Å². The van der Waals surface area contributed by atoms with Gasteiger partial charge >= 0.3 is 0 Å². The van der Waals surface area contributed by atoms with Crippen molar-refractivity contribution >= 4 is 11.3 Å². The van der Waals surface area contributed by atoms with Crippen molar-refractivity contribution < 1.29 is 0 Å². The van der Waals surface area contributed by atoms with Crippen LogP contribution in [0.1, 0.15) is 47.3 Å². The van der Waals surface area contributed by atoms with Crippen LogP contribution in [0.15, 0.2) is 6.33 Å². The normalized spacial score (nSPS) is 13.2. The molecule has 0 aliphatic rings. The van der Waals surface area contributed by atoms with Crippen LogP contribution >= 0.6 is 11.3 Å². The van der Waals surface area contributed by atoms with Crippen molar-refractivity contribution in [3.63, 3.8) is 0 Å². The van der Waals surface area contributed by atoms with E-state index in [0.717, 1.165) is 16.5 Å². The van der Waals surface area contributed by atoms with E-state index in [2.05, 4.69) is 34.3 Å². The smallest absolute Gasteiger partial charge is 0.138 e. The third-order valence-corrected chi connectivity index (χ3v) is 4.17. The molecule has 19 heavy (non-hydrogen) atoms. The number of hydrogen-bond donors (Lipinski definition) is 2. The zero-order valence-corrected chi connectivity index (χ0v) is 12.5. The summed E-state index contributed by atoms with van der Waals surface area (Å²) in [6.07, 6.45) is 2.30. The van der Waals surface area contributed by atoms with Gasteiger partial charge in [-0.1, -0.05) is 0 Å². The molecule has 6 nitrogen and oxygen atoms in total. The van der Waals surface area contributed by atoms with Crippen LogP contribution in [-0.2, 0) is 6.42 Å². The van der Waals surface area contributed by atoms with E-state index in [1.165, 1.54) is 4.88 Å². The van der Waals surface area contributed by atoms with Crippen LogP contribution < -0.4 is 11.3 Å². The Bertz CT molecular complexity index is 544. The van der Waals surface area contributed by atoms with E-state index in [0.29, 0.717) is 12.5 Å². The average Bonchev–Trinajstić information content (AvgIpc) is 2.92. The van der Waals surface area contributed by atoms with Gasteiger partial charge in [-0.2, -0.15) is 5.10 Å². The van der Waals surface area contributed by atoms with Crippen molar-refractivity contribution in [1.82, 2.24) is 25.2 Å². The number of rotatable bonds is 5. The van der Waals surface area contributed by atoms with Gasteiger partial charge in [-0.05, 0) is 27.7 Å². The van der Waals surface area contributed by atoms with Crippen LogP contribution in [0, 0.1) is 13.8 Å². The van der Waals surface area contributed by atoms with Gasteiger partial charge in [0.1, 0.15) is 12.2 Å². The molecule has 0 fully saturated rings. The Morgan fingerprint density at radius 1 is 1.42 bits per heavy atom. The number of nitrogens with one attached hydrogen (secondary N) is 1. The molecule has 0 amide bonds. The van der Waals surface area contributed by atoms with Gasteiger partial charge in [-0.15, -0.1) is 11.3 Å². The second kappa shape index (κ2) is 5.77. The van der Waals surface area contributed by atoms with Gasteiger partial charge in [-0.3, -0.25) is 11.3 Å². The predicted molar refractivity (Wildman–Crippen MR) is 75.8 cm³/mol. The Balaban J connectivity index is 2.24. The molecule has 2 rings (SSSR count). The van der Waals surface area contributed by atoms with Gasteiger partial charge in [0, 0.05) is 17.3 Å². The van der Waals surface area contributed by atoms with Crippen molar-refractivity contribution in [2.45, 2.75) is 46.2 Å². The van der Waals surface area contributed by atoms with Gasteiger partial charge in [0.15, 0.2) is 0 Å². The quantitative estimate of drug-likeness (QED) is 0.643. The predicted octanol–water partition coefficient (Wildman–Crippen LogP) is 1.68. The van der Waals surface area contributed by atoms with Gasteiger partial charge in [-0.25, -0.2) is 14.6 Å². The standard InChI is InChI=1S/C12H20N6S/c1-7(2)18-11(14-6-15-18)5-10(17-13)12-8(3)16-9(4)19-12/h6-7,10,17H,5,13H2,1-4H3. The minimum absolute atomic E-state index is 0.0212. The first-order valence-electron chi connectivity index (χ1n) is 6.31. The molecule has 2 aromatic heterocycles. The molecule has 0 bridgehead atoms. The SMILES string of the molecule is Cc1nc(C)c(C(Cc2ncnn2C(C)C)NN)s1. The van der Waals surface area contributed by atoms with Crippen molar-refractivity contribution in [3.8, 4) is 0 Å². The van der Waals surface area contributed by atoms with Gasteiger partial charge in [0.2, 0.25) is 0 Å². The van der Waals surface area contributed by atoms with Crippen molar-refractivity contribution in [1.29, 1.82) is 0 Å². The minimum Gasteiger partial charge on any atom is -0.271 e. The number of aryl methyl sites for hydroxylation is 2. The topological polar surface area (TPSA) is 81.7 Å². The highest BCUT2D eigenvalue weighted by Crippen LogP contribution is 2.26. The van der Waals surface area contributed by atoms with Crippen LogP contribution in [0.25, 0.3) is 0 Å². The van der Waals surface area contributed by atoms with Crippen LogP contribution in [0.2, 0.25) is 0 Å². The number of aromatic nitrogens is 4. The molecule has 0 aliphatic heterocycles. The molecule has 0 spiro atoms. The van der Waals surface area contributed by atoms with Crippen molar-refractivity contribution in [3.05, 3.63) is 27.7 Å². The van der Waals surface area contributed by atoms with Gasteiger partial charge in [0.05, 0.1) is 16.7 Å². The highest BCUT2D eigenvalue weighted by atomic mass is 32.1. The number of nitrogens with zero attached hydrogens (tertiary/aromatic N) is 4. The number of hydrazine groups is 1. The maximum absolute atomic E-state index is 5.70. The zero-order valence-electron chi connectivity index (χ0n) is 11.7. The van der Waals surface area contributed by atoms with Crippen molar-refractivity contribution in [2.24, 2.45) is 5.84 Å². The Morgan fingerprint density at radius 3 is 2.68 bits per heavy atom. The van der Waals surface area contributed by atoms with E-state index in [-0.39, 0.29) is 6.04 Å². The Kier molecular flexibility index (Phi) is 4.28. The molecular weight excluding hydrogens is 260 g/mol. The molecule has 1 atom stereocenters. The molecule has 0 saturated carbocycles. The molecule has 2 heterocycles. The summed E-state index contributed by atoms with van der Waals surface area (Å²) in [5, 5.41) is 5.30. The molecule has 2 aromatic rings. The molecule has 1 unspecified atom stereocenters. The number of hydrogen-bond acceptors (Lipinski definition) is 6. The van der Waals surface area contributed by atoms with E-state index >= 15 is 0 Å². The average molecular weight is 280 g/mol.